The van der Waals surface area contributed by atoms with Gasteiger partial charge in [0.15, 0.2) is 0 Å². The van der Waals surface area contributed by atoms with E-state index in [1.165, 1.54) is 38.5 Å². The largest absolute Gasteiger partial charge is 0.378 e. The number of rotatable bonds is 4. The topological polar surface area (TPSA) is 9.23 Å². The van der Waals surface area contributed by atoms with Gasteiger partial charge in [0.1, 0.15) is 0 Å². The fourth-order valence-corrected chi connectivity index (χ4v) is 1.91. The highest BCUT2D eigenvalue weighted by Gasteiger charge is 2.21. The molecule has 0 aliphatic heterocycles. The normalized spacial score (nSPS) is 30.5. The molecule has 1 heteroatoms. The van der Waals surface area contributed by atoms with Crippen molar-refractivity contribution in [2.75, 3.05) is 6.61 Å². The first-order chi connectivity index (χ1) is 5.84. The van der Waals surface area contributed by atoms with E-state index in [4.69, 9.17) is 4.74 Å². The van der Waals surface area contributed by atoms with Crippen LogP contribution in [-0.2, 0) is 4.74 Å². The van der Waals surface area contributed by atoms with Crippen LogP contribution in [0.1, 0.15) is 52.4 Å². The fourth-order valence-electron chi connectivity index (χ4n) is 1.91. The zero-order valence-electron chi connectivity index (χ0n) is 8.51. The summed E-state index contributed by atoms with van der Waals surface area (Å²) in [7, 11) is 0. The van der Waals surface area contributed by atoms with Gasteiger partial charge in [-0.25, -0.2) is 0 Å². The number of hydrogen-bond acceptors (Lipinski definition) is 1. The minimum absolute atomic E-state index is 0.574. The molecule has 12 heavy (non-hydrogen) atoms. The van der Waals surface area contributed by atoms with Gasteiger partial charge in [0.2, 0.25) is 0 Å². The predicted octanol–water partition coefficient (Wildman–Crippen LogP) is 3.38. The Balaban J connectivity index is 2.11. The van der Waals surface area contributed by atoms with Crippen LogP contribution in [0.3, 0.4) is 0 Å². The van der Waals surface area contributed by atoms with Crippen LogP contribution < -0.4 is 0 Å². The molecule has 0 aromatic heterocycles. The first-order valence-electron chi connectivity index (χ1n) is 5.46. The summed E-state index contributed by atoms with van der Waals surface area (Å²) in [5.41, 5.74) is 0. The molecule has 72 valence electrons. The fraction of sp³-hybridized carbons (Fsp3) is 1.00. The molecule has 1 fully saturated rings. The lowest BCUT2D eigenvalue weighted by molar-refractivity contribution is -0.00605. The Labute approximate surface area is 76.5 Å². The Morgan fingerprint density at radius 1 is 1.25 bits per heavy atom. The van der Waals surface area contributed by atoms with E-state index in [9.17, 15) is 0 Å². The van der Waals surface area contributed by atoms with Crippen LogP contribution in [0.4, 0.5) is 0 Å². The molecule has 0 N–H and O–H groups in total. The lowest BCUT2D eigenvalue weighted by Gasteiger charge is -2.28. The van der Waals surface area contributed by atoms with Gasteiger partial charge in [0.05, 0.1) is 6.10 Å². The second-order valence-corrected chi connectivity index (χ2v) is 4.02. The summed E-state index contributed by atoms with van der Waals surface area (Å²) in [6, 6.07) is 0. The van der Waals surface area contributed by atoms with Crippen LogP contribution >= 0.6 is 0 Å². The number of ether oxygens (including phenoxy) is 1. The molecule has 0 aromatic carbocycles. The lowest BCUT2D eigenvalue weighted by atomic mass is 9.88. The molecule has 0 spiro atoms. The van der Waals surface area contributed by atoms with Crippen molar-refractivity contribution in [1.82, 2.24) is 0 Å². The van der Waals surface area contributed by atoms with E-state index in [1.54, 1.807) is 0 Å². The van der Waals surface area contributed by atoms with Crippen molar-refractivity contribution in [2.45, 2.75) is 58.5 Å². The molecule has 1 nitrogen and oxygen atoms in total. The van der Waals surface area contributed by atoms with Crippen molar-refractivity contribution in [2.24, 2.45) is 5.92 Å². The van der Waals surface area contributed by atoms with Gasteiger partial charge in [0, 0.05) is 6.61 Å². The highest BCUT2D eigenvalue weighted by atomic mass is 16.5. The Hall–Kier alpha value is -0.0400. The zero-order chi connectivity index (χ0) is 8.81. The average molecular weight is 170 g/mol. The third-order valence-corrected chi connectivity index (χ3v) is 2.86. The van der Waals surface area contributed by atoms with Crippen molar-refractivity contribution in [3.63, 3.8) is 0 Å². The van der Waals surface area contributed by atoms with Crippen molar-refractivity contribution < 1.29 is 4.74 Å². The third-order valence-electron chi connectivity index (χ3n) is 2.86. The van der Waals surface area contributed by atoms with Crippen molar-refractivity contribution >= 4 is 0 Å². The van der Waals surface area contributed by atoms with Gasteiger partial charge >= 0.3 is 0 Å². The highest BCUT2D eigenvalue weighted by Crippen LogP contribution is 2.26. The molecule has 0 radical (unpaired) electrons. The van der Waals surface area contributed by atoms with Crippen molar-refractivity contribution in [1.29, 1.82) is 0 Å². The SMILES string of the molecule is CCCCO[C@@H]1CCCC[C@H]1C. The van der Waals surface area contributed by atoms with E-state index in [0.29, 0.717) is 6.10 Å². The molecule has 0 bridgehead atoms. The Bertz CT molecular complexity index is 112. The Kier molecular flexibility index (Phi) is 4.67. The predicted molar refractivity (Wildman–Crippen MR) is 52.3 cm³/mol. The summed E-state index contributed by atoms with van der Waals surface area (Å²) in [6.07, 6.45) is 8.51. The monoisotopic (exact) mass is 170 g/mol. The molecule has 0 amide bonds. The minimum atomic E-state index is 0.574. The standard InChI is InChI=1S/C11H22O/c1-3-4-9-12-11-8-6-5-7-10(11)2/h10-11H,3-9H2,1-2H3/t10-,11-/m1/s1. The van der Waals surface area contributed by atoms with Crippen molar-refractivity contribution in [3.05, 3.63) is 0 Å². The van der Waals surface area contributed by atoms with Gasteiger partial charge in [-0.1, -0.05) is 33.1 Å². The lowest BCUT2D eigenvalue weighted by Crippen LogP contribution is -2.25. The summed E-state index contributed by atoms with van der Waals surface area (Å²) < 4.78 is 5.84. The van der Waals surface area contributed by atoms with E-state index in [1.807, 2.05) is 0 Å². The molecule has 0 aromatic rings. The van der Waals surface area contributed by atoms with E-state index in [2.05, 4.69) is 13.8 Å². The van der Waals surface area contributed by atoms with Crippen LogP contribution in [0.5, 0.6) is 0 Å². The molecule has 2 atom stereocenters. The van der Waals surface area contributed by atoms with Gasteiger partial charge in [0.25, 0.3) is 0 Å². The van der Waals surface area contributed by atoms with Crippen molar-refractivity contribution in [3.8, 4) is 0 Å². The molecular weight excluding hydrogens is 148 g/mol. The van der Waals surface area contributed by atoms with Gasteiger partial charge in [-0.3, -0.25) is 0 Å². The van der Waals surface area contributed by atoms with Gasteiger partial charge in [-0.15, -0.1) is 0 Å². The third kappa shape index (κ3) is 3.14. The van der Waals surface area contributed by atoms with E-state index in [0.717, 1.165) is 12.5 Å². The van der Waals surface area contributed by atoms with Gasteiger partial charge in [-0.2, -0.15) is 0 Å². The first-order valence-corrected chi connectivity index (χ1v) is 5.46. The second kappa shape index (κ2) is 5.58. The molecule has 0 saturated heterocycles. The number of hydrogen-bond donors (Lipinski definition) is 0. The second-order valence-electron chi connectivity index (χ2n) is 4.02. The van der Waals surface area contributed by atoms with Crippen LogP contribution in [0, 0.1) is 5.92 Å². The van der Waals surface area contributed by atoms with E-state index in [-0.39, 0.29) is 0 Å². The Morgan fingerprint density at radius 3 is 2.67 bits per heavy atom. The summed E-state index contributed by atoms with van der Waals surface area (Å²) in [5.74, 6) is 0.801. The maximum Gasteiger partial charge on any atom is 0.0600 e. The van der Waals surface area contributed by atoms with E-state index >= 15 is 0 Å². The molecule has 1 rings (SSSR count). The summed E-state index contributed by atoms with van der Waals surface area (Å²) in [4.78, 5) is 0. The van der Waals surface area contributed by atoms with Crippen LogP contribution in [0.2, 0.25) is 0 Å². The maximum atomic E-state index is 5.84. The molecule has 0 heterocycles. The van der Waals surface area contributed by atoms with E-state index < -0.39 is 0 Å². The summed E-state index contributed by atoms with van der Waals surface area (Å²) >= 11 is 0. The smallest absolute Gasteiger partial charge is 0.0600 e. The van der Waals surface area contributed by atoms with Crippen LogP contribution in [0.25, 0.3) is 0 Å². The molecule has 1 aliphatic rings. The van der Waals surface area contributed by atoms with Crippen LogP contribution in [0.15, 0.2) is 0 Å². The molecule has 0 unspecified atom stereocenters. The Morgan fingerprint density at radius 2 is 2.00 bits per heavy atom. The molecule has 1 saturated carbocycles. The number of unbranched alkanes of at least 4 members (excludes halogenated alkanes) is 1. The quantitative estimate of drug-likeness (QED) is 0.588. The van der Waals surface area contributed by atoms with Gasteiger partial charge in [-0.05, 0) is 25.2 Å². The summed E-state index contributed by atoms with van der Waals surface area (Å²) in [6.45, 7) is 5.52. The molecule has 1 aliphatic carbocycles. The average Bonchev–Trinajstić information content (AvgIpc) is 2.09. The minimum Gasteiger partial charge on any atom is -0.378 e. The molecular formula is C11H22O. The highest BCUT2D eigenvalue weighted by molar-refractivity contribution is 4.72. The maximum absolute atomic E-state index is 5.84. The van der Waals surface area contributed by atoms with Crippen LogP contribution in [-0.4, -0.2) is 12.7 Å². The summed E-state index contributed by atoms with van der Waals surface area (Å²) in [5, 5.41) is 0. The van der Waals surface area contributed by atoms with Gasteiger partial charge < -0.3 is 4.74 Å². The zero-order valence-corrected chi connectivity index (χ0v) is 8.51. The first kappa shape index (κ1) is 10.0.